The van der Waals surface area contributed by atoms with Crippen LogP contribution >= 0.6 is 0 Å². The lowest BCUT2D eigenvalue weighted by Gasteiger charge is -2.32. The number of carbonyl (C=O) groups excluding carboxylic acids is 1. The molecule has 0 atom stereocenters. The average Bonchev–Trinajstić information content (AvgIpc) is 3.48. The van der Waals surface area contributed by atoms with Crippen molar-refractivity contribution in [2.75, 3.05) is 13.1 Å². The molecule has 2 fully saturated rings. The summed E-state index contributed by atoms with van der Waals surface area (Å²) in [6.07, 6.45) is 9.94. The van der Waals surface area contributed by atoms with E-state index >= 15 is 0 Å². The standard InChI is InChI=1S/C19H23N7O/c27-19(15-4-1-2-5-15)24-12-8-14(9-13-24)18-22-21-16-6-7-17(23-26(16)18)25-11-3-10-20-25/h3,6-7,10-11,14-15H,1-2,4-5,8-9,12-13H2. The maximum Gasteiger partial charge on any atom is 0.225 e. The Labute approximate surface area is 157 Å². The summed E-state index contributed by atoms with van der Waals surface area (Å²) in [6.45, 7) is 1.60. The van der Waals surface area contributed by atoms with Crippen LogP contribution in [-0.4, -0.2) is 53.5 Å². The number of nitrogens with zero attached hydrogens (tertiary/aromatic N) is 7. The second-order valence-corrected chi connectivity index (χ2v) is 7.55. The van der Waals surface area contributed by atoms with E-state index in [1.54, 1.807) is 10.9 Å². The lowest BCUT2D eigenvalue weighted by molar-refractivity contribution is -0.136. The molecular formula is C19H23N7O. The monoisotopic (exact) mass is 365 g/mol. The molecule has 3 aromatic heterocycles. The summed E-state index contributed by atoms with van der Waals surface area (Å²) in [5, 5.41) is 17.6. The molecule has 0 bridgehead atoms. The van der Waals surface area contributed by atoms with E-state index in [2.05, 4.69) is 25.3 Å². The van der Waals surface area contributed by atoms with Crippen molar-refractivity contribution in [2.45, 2.75) is 44.4 Å². The van der Waals surface area contributed by atoms with Gasteiger partial charge in [-0.05, 0) is 43.9 Å². The normalized spacial score (nSPS) is 19.2. The first-order chi connectivity index (χ1) is 13.3. The molecule has 1 saturated carbocycles. The van der Waals surface area contributed by atoms with Crippen LogP contribution in [0, 0.1) is 5.92 Å². The highest BCUT2D eigenvalue weighted by Crippen LogP contribution is 2.31. The molecule has 0 spiro atoms. The van der Waals surface area contributed by atoms with E-state index in [1.807, 2.05) is 28.9 Å². The van der Waals surface area contributed by atoms with Gasteiger partial charge in [0, 0.05) is 37.3 Å². The summed E-state index contributed by atoms with van der Waals surface area (Å²) in [4.78, 5) is 14.7. The fourth-order valence-corrected chi connectivity index (χ4v) is 4.37. The van der Waals surface area contributed by atoms with E-state index in [0.29, 0.717) is 5.91 Å². The number of fused-ring (bicyclic) bond motifs is 1. The fourth-order valence-electron chi connectivity index (χ4n) is 4.37. The van der Waals surface area contributed by atoms with Gasteiger partial charge in [-0.2, -0.15) is 9.61 Å². The van der Waals surface area contributed by atoms with Gasteiger partial charge in [-0.3, -0.25) is 4.79 Å². The first-order valence-electron chi connectivity index (χ1n) is 9.81. The predicted octanol–water partition coefficient (Wildman–Crippen LogP) is 2.21. The molecule has 4 heterocycles. The van der Waals surface area contributed by atoms with Gasteiger partial charge >= 0.3 is 0 Å². The summed E-state index contributed by atoms with van der Waals surface area (Å²) < 4.78 is 3.56. The van der Waals surface area contributed by atoms with E-state index in [9.17, 15) is 4.79 Å². The topological polar surface area (TPSA) is 81.2 Å². The van der Waals surface area contributed by atoms with Gasteiger partial charge in [-0.15, -0.1) is 15.3 Å². The zero-order valence-corrected chi connectivity index (χ0v) is 15.2. The van der Waals surface area contributed by atoms with Crippen LogP contribution < -0.4 is 0 Å². The molecule has 27 heavy (non-hydrogen) atoms. The lowest BCUT2D eigenvalue weighted by atomic mass is 9.94. The fraction of sp³-hybridized carbons (Fsp3) is 0.526. The zero-order valence-electron chi connectivity index (χ0n) is 15.2. The summed E-state index contributed by atoms with van der Waals surface area (Å²) in [5.74, 6) is 2.51. The highest BCUT2D eigenvalue weighted by molar-refractivity contribution is 5.79. The van der Waals surface area contributed by atoms with Gasteiger partial charge in [0.15, 0.2) is 17.3 Å². The van der Waals surface area contributed by atoms with Crippen molar-refractivity contribution in [3.8, 4) is 5.82 Å². The van der Waals surface area contributed by atoms with Crippen molar-refractivity contribution in [2.24, 2.45) is 5.92 Å². The average molecular weight is 365 g/mol. The second-order valence-electron chi connectivity index (χ2n) is 7.55. The maximum absolute atomic E-state index is 12.7. The van der Waals surface area contributed by atoms with Gasteiger partial charge in [-0.25, -0.2) is 4.68 Å². The first kappa shape index (κ1) is 16.4. The van der Waals surface area contributed by atoms with E-state index in [0.717, 1.165) is 56.1 Å². The number of hydrogen-bond acceptors (Lipinski definition) is 5. The number of aromatic nitrogens is 6. The third-order valence-electron chi connectivity index (χ3n) is 5.89. The molecule has 3 aromatic rings. The van der Waals surface area contributed by atoms with Gasteiger partial charge < -0.3 is 4.90 Å². The Bertz CT molecular complexity index is 934. The zero-order chi connectivity index (χ0) is 18.2. The van der Waals surface area contributed by atoms with Gasteiger partial charge in [0.1, 0.15) is 0 Å². The van der Waals surface area contributed by atoms with Crippen LogP contribution in [0.3, 0.4) is 0 Å². The molecule has 2 aliphatic rings. The van der Waals surface area contributed by atoms with Crippen molar-refractivity contribution in [1.29, 1.82) is 0 Å². The molecule has 0 aromatic carbocycles. The van der Waals surface area contributed by atoms with Gasteiger partial charge in [-0.1, -0.05) is 12.8 Å². The van der Waals surface area contributed by atoms with Gasteiger partial charge in [0.25, 0.3) is 0 Å². The van der Waals surface area contributed by atoms with Crippen molar-refractivity contribution < 1.29 is 4.79 Å². The molecule has 8 heteroatoms. The van der Waals surface area contributed by atoms with E-state index in [-0.39, 0.29) is 11.8 Å². The van der Waals surface area contributed by atoms with Gasteiger partial charge in [0.05, 0.1) is 0 Å². The van der Waals surface area contributed by atoms with Crippen LogP contribution in [0.5, 0.6) is 0 Å². The van der Waals surface area contributed by atoms with E-state index in [4.69, 9.17) is 0 Å². The highest BCUT2D eigenvalue weighted by Gasteiger charge is 2.31. The SMILES string of the molecule is O=C(C1CCCC1)N1CCC(c2nnc3ccc(-n4cccn4)nn23)CC1. The van der Waals surface area contributed by atoms with Crippen molar-refractivity contribution in [1.82, 2.24) is 34.5 Å². The Morgan fingerprint density at radius 2 is 1.85 bits per heavy atom. The van der Waals surface area contributed by atoms with Crippen molar-refractivity contribution in [3.63, 3.8) is 0 Å². The number of rotatable bonds is 3. The number of amides is 1. The molecule has 0 N–H and O–H groups in total. The van der Waals surface area contributed by atoms with E-state index < -0.39 is 0 Å². The Balaban J connectivity index is 1.34. The molecule has 1 saturated heterocycles. The molecular weight excluding hydrogens is 342 g/mol. The van der Waals surface area contributed by atoms with Crippen molar-refractivity contribution >= 4 is 11.6 Å². The van der Waals surface area contributed by atoms with Crippen LogP contribution in [0.4, 0.5) is 0 Å². The quantitative estimate of drug-likeness (QED) is 0.711. The highest BCUT2D eigenvalue weighted by atomic mass is 16.2. The molecule has 8 nitrogen and oxygen atoms in total. The Kier molecular flexibility index (Phi) is 4.10. The number of hydrogen-bond donors (Lipinski definition) is 0. The predicted molar refractivity (Wildman–Crippen MR) is 98.4 cm³/mol. The molecule has 140 valence electrons. The van der Waals surface area contributed by atoms with Crippen LogP contribution in [-0.2, 0) is 4.79 Å². The maximum atomic E-state index is 12.7. The van der Waals surface area contributed by atoms with Gasteiger partial charge in [0.2, 0.25) is 5.91 Å². The summed E-state index contributed by atoms with van der Waals surface area (Å²) >= 11 is 0. The smallest absolute Gasteiger partial charge is 0.225 e. The van der Waals surface area contributed by atoms with Crippen LogP contribution in [0.15, 0.2) is 30.6 Å². The third-order valence-corrected chi connectivity index (χ3v) is 5.89. The van der Waals surface area contributed by atoms with Crippen LogP contribution in [0.25, 0.3) is 11.5 Å². The minimum atomic E-state index is 0.258. The second kappa shape index (κ2) is 6.75. The summed E-state index contributed by atoms with van der Waals surface area (Å²) in [5.41, 5.74) is 0.741. The minimum Gasteiger partial charge on any atom is -0.342 e. The largest absolute Gasteiger partial charge is 0.342 e. The molecule has 1 aliphatic heterocycles. The van der Waals surface area contributed by atoms with Crippen molar-refractivity contribution in [3.05, 3.63) is 36.4 Å². The summed E-state index contributed by atoms with van der Waals surface area (Å²) in [6, 6.07) is 5.68. The first-order valence-corrected chi connectivity index (χ1v) is 9.81. The van der Waals surface area contributed by atoms with E-state index in [1.165, 1.54) is 12.8 Å². The lowest BCUT2D eigenvalue weighted by Crippen LogP contribution is -2.41. The molecule has 5 rings (SSSR count). The Hall–Kier alpha value is -2.77. The third kappa shape index (κ3) is 2.98. The number of piperidine rings is 1. The molecule has 0 unspecified atom stereocenters. The molecule has 1 amide bonds. The Morgan fingerprint density at radius 3 is 2.59 bits per heavy atom. The minimum absolute atomic E-state index is 0.258. The number of carbonyl (C=O) groups is 1. The molecule has 0 radical (unpaired) electrons. The summed E-state index contributed by atoms with van der Waals surface area (Å²) in [7, 11) is 0. The van der Waals surface area contributed by atoms with Crippen LogP contribution in [0.2, 0.25) is 0 Å². The van der Waals surface area contributed by atoms with Crippen LogP contribution in [0.1, 0.15) is 50.3 Å². The number of likely N-dealkylation sites (tertiary alicyclic amines) is 1. The Morgan fingerprint density at radius 1 is 1.04 bits per heavy atom. The molecule has 1 aliphatic carbocycles.